The summed E-state index contributed by atoms with van der Waals surface area (Å²) in [5, 5.41) is 6.66. The smallest absolute Gasteiger partial charge is 0.191 e. The molecule has 0 saturated carbocycles. The molecule has 1 saturated heterocycles. The number of ether oxygens (including phenoxy) is 1. The van der Waals surface area contributed by atoms with Crippen molar-refractivity contribution in [2.24, 2.45) is 10.9 Å². The van der Waals surface area contributed by atoms with Gasteiger partial charge in [-0.3, -0.25) is 9.89 Å². The molecule has 0 aromatic carbocycles. The Bertz CT molecular complexity index is 255. The lowest BCUT2D eigenvalue weighted by atomic mass is 10.1. The summed E-state index contributed by atoms with van der Waals surface area (Å²) in [6.45, 7) is 12.4. The fourth-order valence-electron chi connectivity index (χ4n) is 2.03. The maximum atomic E-state index is 5.35. The number of rotatable bonds is 5. The molecule has 1 fully saturated rings. The van der Waals surface area contributed by atoms with Gasteiger partial charge in [0, 0.05) is 39.3 Å². The molecular weight excluding hydrogens is 355 g/mol. The van der Waals surface area contributed by atoms with Crippen molar-refractivity contribution in [3.8, 4) is 0 Å². The van der Waals surface area contributed by atoms with Gasteiger partial charge < -0.3 is 15.4 Å². The van der Waals surface area contributed by atoms with Crippen LogP contribution < -0.4 is 10.6 Å². The molecule has 1 atom stereocenters. The van der Waals surface area contributed by atoms with E-state index in [0.717, 1.165) is 45.4 Å². The Morgan fingerprint density at radius 1 is 1.26 bits per heavy atom. The van der Waals surface area contributed by atoms with Crippen LogP contribution in [0.5, 0.6) is 0 Å². The van der Waals surface area contributed by atoms with Crippen molar-refractivity contribution < 1.29 is 4.74 Å². The van der Waals surface area contributed by atoms with Gasteiger partial charge in [-0.15, -0.1) is 24.0 Å². The van der Waals surface area contributed by atoms with Crippen LogP contribution in [0.15, 0.2) is 4.99 Å². The number of morpholine rings is 1. The van der Waals surface area contributed by atoms with E-state index in [9.17, 15) is 0 Å². The summed E-state index contributed by atoms with van der Waals surface area (Å²) in [6, 6.07) is 0.408. The third kappa shape index (κ3) is 8.65. The van der Waals surface area contributed by atoms with E-state index in [1.807, 2.05) is 7.05 Å². The van der Waals surface area contributed by atoms with Crippen molar-refractivity contribution in [2.75, 3.05) is 46.4 Å². The van der Waals surface area contributed by atoms with Crippen LogP contribution in [0.1, 0.15) is 20.8 Å². The van der Waals surface area contributed by atoms with Gasteiger partial charge in [0.2, 0.25) is 0 Å². The van der Waals surface area contributed by atoms with Crippen LogP contribution in [0, 0.1) is 5.92 Å². The lowest BCUT2D eigenvalue weighted by Gasteiger charge is -2.29. The molecule has 0 spiro atoms. The fraction of sp³-hybridized carbons (Fsp3) is 0.923. The zero-order valence-corrected chi connectivity index (χ0v) is 14.9. The number of hydrogen-bond acceptors (Lipinski definition) is 3. The number of nitrogens with zero attached hydrogens (tertiary/aromatic N) is 2. The maximum absolute atomic E-state index is 5.35. The zero-order valence-electron chi connectivity index (χ0n) is 12.6. The Labute approximate surface area is 134 Å². The standard InChI is InChI=1S/C13H28N4O.HI/c1-11(2)16-13(14-4)15-9-12(3)10-17-5-7-18-8-6-17;/h11-12H,5-10H2,1-4H3,(H2,14,15,16);1H. The van der Waals surface area contributed by atoms with E-state index in [2.05, 4.69) is 41.3 Å². The summed E-state index contributed by atoms with van der Waals surface area (Å²) >= 11 is 0. The Hall–Kier alpha value is -0.0800. The van der Waals surface area contributed by atoms with Gasteiger partial charge in [0.25, 0.3) is 0 Å². The van der Waals surface area contributed by atoms with Gasteiger partial charge in [-0.1, -0.05) is 6.92 Å². The highest BCUT2D eigenvalue weighted by atomic mass is 127. The lowest BCUT2D eigenvalue weighted by Crippen LogP contribution is -2.45. The van der Waals surface area contributed by atoms with Gasteiger partial charge in [-0.2, -0.15) is 0 Å². The molecule has 114 valence electrons. The van der Waals surface area contributed by atoms with Crippen molar-refractivity contribution in [1.82, 2.24) is 15.5 Å². The zero-order chi connectivity index (χ0) is 13.4. The van der Waals surface area contributed by atoms with E-state index in [1.54, 1.807) is 0 Å². The topological polar surface area (TPSA) is 48.9 Å². The maximum Gasteiger partial charge on any atom is 0.191 e. The van der Waals surface area contributed by atoms with Crippen LogP contribution in [0.25, 0.3) is 0 Å². The highest BCUT2D eigenvalue weighted by Gasteiger charge is 2.13. The molecule has 0 amide bonds. The van der Waals surface area contributed by atoms with Gasteiger partial charge in [0.1, 0.15) is 0 Å². The molecule has 1 aliphatic heterocycles. The summed E-state index contributed by atoms with van der Waals surface area (Å²) < 4.78 is 5.35. The van der Waals surface area contributed by atoms with Crippen LogP contribution in [0.4, 0.5) is 0 Å². The first-order valence-corrected chi connectivity index (χ1v) is 6.89. The van der Waals surface area contributed by atoms with E-state index < -0.39 is 0 Å². The quantitative estimate of drug-likeness (QED) is 0.424. The van der Waals surface area contributed by atoms with Gasteiger partial charge in [0.15, 0.2) is 5.96 Å². The predicted octanol–water partition coefficient (Wildman–Crippen LogP) is 1.15. The minimum absolute atomic E-state index is 0. The average Bonchev–Trinajstić information content (AvgIpc) is 2.35. The van der Waals surface area contributed by atoms with E-state index in [1.165, 1.54) is 0 Å². The molecule has 5 nitrogen and oxygen atoms in total. The second-order valence-electron chi connectivity index (χ2n) is 5.27. The number of nitrogens with one attached hydrogen (secondary N) is 2. The van der Waals surface area contributed by atoms with Gasteiger partial charge in [-0.05, 0) is 19.8 Å². The van der Waals surface area contributed by atoms with Gasteiger partial charge in [0.05, 0.1) is 13.2 Å². The molecule has 1 heterocycles. The first-order valence-electron chi connectivity index (χ1n) is 6.89. The molecule has 0 radical (unpaired) electrons. The number of aliphatic imine (C=N–C) groups is 1. The first kappa shape index (κ1) is 18.9. The van der Waals surface area contributed by atoms with Crippen LogP contribution in [-0.4, -0.2) is 63.3 Å². The monoisotopic (exact) mass is 384 g/mol. The molecule has 1 aliphatic rings. The number of guanidine groups is 1. The Balaban J connectivity index is 0.00000324. The van der Waals surface area contributed by atoms with Crippen LogP contribution >= 0.6 is 24.0 Å². The molecule has 1 unspecified atom stereocenters. The van der Waals surface area contributed by atoms with Crippen molar-refractivity contribution in [3.63, 3.8) is 0 Å². The van der Waals surface area contributed by atoms with Crippen LogP contribution in [0.3, 0.4) is 0 Å². The molecule has 1 rings (SSSR count). The first-order chi connectivity index (χ1) is 8.61. The number of hydrogen-bond donors (Lipinski definition) is 2. The highest BCUT2D eigenvalue weighted by molar-refractivity contribution is 14.0. The molecule has 6 heteroatoms. The Morgan fingerprint density at radius 3 is 2.42 bits per heavy atom. The summed E-state index contributed by atoms with van der Waals surface area (Å²) in [6.07, 6.45) is 0. The lowest BCUT2D eigenvalue weighted by molar-refractivity contribution is 0.0320. The van der Waals surface area contributed by atoms with E-state index in [4.69, 9.17) is 4.74 Å². The van der Waals surface area contributed by atoms with Crippen LogP contribution in [0.2, 0.25) is 0 Å². The van der Waals surface area contributed by atoms with Crippen molar-refractivity contribution >= 4 is 29.9 Å². The van der Waals surface area contributed by atoms with Crippen molar-refractivity contribution in [2.45, 2.75) is 26.8 Å². The third-order valence-corrected chi connectivity index (χ3v) is 2.94. The summed E-state index contributed by atoms with van der Waals surface area (Å²) in [7, 11) is 1.81. The summed E-state index contributed by atoms with van der Waals surface area (Å²) in [4.78, 5) is 6.67. The second kappa shape index (κ2) is 10.7. The SMILES string of the molecule is CN=C(NCC(C)CN1CCOCC1)NC(C)C.I. The fourth-order valence-corrected chi connectivity index (χ4v) is 2.03. The molecule has 0 aromatic rings. The average molecular weight is 384 g/mol. The minimum Gasteiger partial charge on any atom is -0.379 e. The van der Waals surface area contributed by atoms with Crippen LogP contribution in [-0.2, 0) is 4.74 Å². The van der Waals surface area contributed by atoms with Gasteiger partial charge in [-0.25, -0.2) is 0 Å². The minimum atomic E-state index is 0. The van der Waals surface area contributed by atoms with Crippen molar-refractivity contribution in [1.29, 1.82) is 0 Å². The molecule has 0 aliphatic carbocycles. The Morgan fingerprint density at radius 2 is 1.89 bits per heavy atom. The summed E-state index contributed by atoms with van der Waals surface area (Å²) in [5.74, 6) is 1.49. The molecule has 19 heavy (non-hydrogen) atoms. The molecular formula is C13H29IN4O. The Kier molecular flexibility index (Phi) is 10.6. The van der Waals surface area contributed by atoms with E-state index in [-0.39, 0.29) is 24.0 Å². The van der Waals surface area contributed by atoms with E-state index >= 15 is 0 Å². The number of halogens is 1. The predicted molar refractivity (Wildman–Crippen MR) is 91.5 cm³/mol. The van der Waals surface area contributed by atoms with Crippen molar-refractivity contribution in [3.05, 3.63) is 0 Å². The van der Waals surface area contributed by atoms with Gasteiger partial charge >= 0.3 is 0 Å². The molecule has 2 N–H and O–H groups in total. The molecule has 0 bridgehead atoms. The largest absolute Gasteiger partial charge is 0.379 e. The normalized spacial score (nSPS) is 18.9. The van der Waals surface area contributed by atoms with E-state index in [0.29, 0.717) is 12.0 Å². The summed E-state index contributed by atoms with van der Waals surface area (Å²) in [5.41, 5.74) is 0. The highest BCUT2D eigenvalue weighted by Crippen LogP contribution is 2.02. The third-order valence-electron chi connectivity index (χ3n) is 2.94. The molecule has 0 aromatic heterocycles. The second-order valence-corrected chi connectivity index (χ2v) is 5.27.